The number of amides is 1. The zero-order chi connectivity index (χ0) is 18.8. The molecular formula is C21H17FN4O. The van der Waals surface area contributed by atoms with Crippen LogP contribution in [0.15, 0.2) is 72.9 Å². The van der Waals surface area contributed by atoms with Gasteiger partial charge >= 0.3 is 0 Å². The van der Waals surface area contributed by atoms with E-state index >= 15 is 0 Å². The van der Waals surface area contributed by atoms with Crippen molar-refractivity contribution in [1.82, 2.24) is 19.9 Å². The molecule has 2 aromatic carbocycles. The van der Waals surface area contributed by atoms with Gasteiger partial charge in [-0.3, -0.25) is 9.20 Å². The van der Waals surface area contributed by atoms with Crippen LogP contribution < -0.4 is 5.32 Å². The number of nitrogens with one attached hydrogen (secondary N) is 1. The van der Waals surface area contributed by atoms with Gasteiger partial charge in [-0.1, -0.05) is 30.3 Å². The van der Waals surface area contributed by atoms with Gasteiger partial charge in [-0.2, -0.15) is 0 Å². The Hall–Kier alpha value is -3.54. The summed E-state index contributed by atoms with van der Waals surface area (Å²) in [7, 11) is 0. The van der Waals surface area contributed by atoms with Crippen molar-refractivity contribution in [3.63, 3.8) is 0 Å². The van der Waals surface area contributed by atoms with Crippen LogP contribution in [0, 0.1) is 5.82 Å². The first-order chi connectivity index (χ1) is 13.1. The van der Waals surface area contributed by atoms with Crippen LogP contribution in [0.25, 0.3) is 17.0 Å². The molecule has 5 nitrogen and oxygen atoms in total. The number of pyridine rings is 1. The zero-order valence-electron chi connectivity index (χ0n) is 14.6. The molecule has 4 aromatic rings. The summed E-state index contributed by atoms with van der Waals surface area (Å²) in [6.07, 6.45) is 1.75. The zero-order valence-corrected chi connectivity index (χ0v) is 14.6. The van der Waals surface area contributed by atoms with E-state index in [0.29, 0.717) is 17.0 Å². The van der Waals surface area contributed by atoms with Gasteiger partial charge in [-0.05, 0) is 48.9 Å². The van der Waals surface area contributed by atoms with Gasteiger partial charge < -0.3 is 5.32 Å². The van der Waals surface area contributed by atoms with Gasteiger partial charge in [0.05, 0.1) is 6.04 Å². The highest BCUT2D eigenvalue weighted by molar-refractivity contribution is 5.95. The van der Waals surface area contributed by atoms with E-state index in [1.165, 1.54) is 12.1 Å². The molecule has 0 radical (unpaired) electrons. The predicted octanol–water partition coefficient (Wildman–Crippen LogP) is 4.03. The molecule has 0 aliphatic rings. The average molecular weight is 360 g/mol. The first-order valence-electron chi connectivity index (χ1n) is 8.58. The van der Waals surface area contributed by atoms with E-state index in [9.17, 15) is 9.18 Å². The number of rotatable bonds is 4. The van der Waals surface area contributed by atoms with Crippen LogP contribution in [0.1, 0.15) is 28.9 Å². The summed E-state index contributed by atoms with van der Waals surface area (Å²) in [6, 6.07) is 19.1. The topological polar surface area (TPSA) is 59.3 Å². The lowest BCUT2D eigenvalue weighted by atomic mass is 10.1. The fourth-order valence-corrected chi connectivity index (χ4v) is 2.93. The van der Waals surface area contributed by atoms with Crippen LogP contribution >= 0.6 is 0 Å². The highest BCUT2D eigenvalue weighted by Crippen LogP contribution is 2.20. The smallest absolute Gasteiger partial charge is 0.251 e. The van der Waals surface area contributed by atoms with Crippen molar-refractivity contribution in [2.45, 2.75) is 13.0 Å². The Morgan fingerprint density at radius 3 is 2.52 bits per heavy atom. The Bertz CT molecular complexity index is 1090. The second-order valence-electron chi connectivity index (χ2n) is 6.28. The van der Waals surface area contributed by atoms with Crippen molar-refractivity contribution in [1.29, 1.82) is 0 Å². The van der Waals surface area contributed by atoms with Crippen molar-refractivity contribution in [3.05, 3.63) is 89.9 Å². The van der Waals surface area contributed by atoms with E-state index in [2.05, 4.69) is 15.5 Å². The van der Waals surface area contributed by atoms with Gasteiger partial charge in [-0.15, -0.1) is 10.2 Å². The summed E-state index contributed by atoms with van der Waals surface area (Å²) in [6.45, 7) is 1.94. The lowest BCUT2D eigenvalue weighted by molar-refractivity contribution is 0.0940. The fourth-order valence-electron chi connectivity index (χ4n) is 2.93. The SMILES string of the molecule is C[C@@H](NC(=O)c1ccn2c(-c3ccc(F)cc3)nnc2c1)c1ccccc1. The van der Waals surface area contributed by atoms with Gasteiger partial charge in [0.2, 0.25) is 0 Å². The highest BCUT2D eigenvalue weighted by Gasteiger charge is 2.14. The molecule has 0 bridgehead atoms. The minimum absolute atomic E-state index is 0.109. The lowest BCUT2D eigenvalue weighted by Gasteiger charge is -2.14. The van der Waals surface area contributed by atoms with Crippen LogP contribution in [-0.2, 0) is 0 Å². The monoisotopic (exact) mass is 360 g/mol. The van der Waals surface area contributed by atoms with Gasteiger partial charge in [0, 0.05) is 17.3 Å². The quantitative estimate of drug-likeness (QED) is 0.598. The number of halogens is 1. The number of aromatic nitrogens is 3. The number of carbonyl (C=O) groups is 1. The van der Waals surface area contributed by atoms with E-state index < -0.39 is 0 Å². The van der Waals surface area contributed by atoms with E-state index in [1.807, 2.05) is 37.3 Å². The van der Waals surface area contributed by atoms with Crippen molar-refractivity contribution < 1.29 is 9.18 Å². The van der Waals surface area contributed by atoms with Crippen LogP contribution in [0.4, 0.5) is 4.39 Å². The molecule has 2 heterocycles. The maximum atomic E-state index is 13.1. The number of fused-ring (bicyclic) bond motifs is 1. The van der Waals surface area contributed by atoms with E-state index in [1.54, 1.807) is 34.9 Å². The minimum atomic E-state index is -0.306. The summed E-state index contributed by atoms with van der Waals surface area (Å²) >= 11 is 0. The number of hydrogen-bond donors (Lipinski definition) is 1. The Labute approximate surface area is 155 Å². The normalized spacial score (nSPS) is 12.1. The number of benzene rings is 2. The molecule has 0 aliphatic carbocycles. The summed E-state index contributed by atoms with van der Waals surface area (Å²) < 4.78 is 14.9. The molecule has 0 fully saturated rings. The van der Waals surface area contributed by atoms with Crippen LogP contribution in [0.2, 0.25) is 0 Å². The standard InChI is InChI=1S/C21H17FN4O/c1-14(15-5-3-2-4-6-15)23-21(27)17-11-12-26-19(13-17)24-25-20(26)16-7-9-18(22)10-8-16/h2-14H,1H3,(H,23,27)/t14-/m1/s1. The van der Waals surface area contributed by atoms with Crippen molar-refractivity contribution in [2.75, 3.05) is 0 Å². The Morgan fingerprint density at radius 1 is 1.04 bits per heavy atom. The Kier molecular flexibility index (Phi) is 4.38. The maximum absolute atomic E-state index is 13.1. The van der Waals surface area contributed by atoms with Gasteiger partial charge in [-0.25, -0.2) is 4.39 Å². The third-order valence-corrected chi connectivity index (χ3v) is 4.42. The summed E-state index contributed by atoms with van der Waals surface area (Å²) in [5, 5.41) is 11.3. The molecule has 1 atom stereocenters. The Balaban J connectivity index is 1.59. The first kappa shape index (κ1) is 16.9. The van der Waals surface area contributed by atoms with Gasteiger partial charge in [0.1, 0.15) is 5.82 Å². The van der Waals surface area contributed by atoms with Crippen molar-refractivity contribution >= 4 is 11.6 Å². The number of hydrogen-bond acceptors (Lipinski definition) is 3. The molecular weight excluding hydrogens is 343 g/mol. The van der Waals surface area contributed by atoms with Gasteiger partial charge in [0.25, 0.3) is 5.91 Å². The van der Waals surface area contributed by atoms with Crippen LogP contribution in [0.3, 0.4) is 0 Å². The molecule has 1 N–H and O–H groups in total. The number of carbonyl (C=O) groups excluding carboxylic acids is 1. The molecule has 134 valence electrons. The minimum Gasteiger partial charge on any atom is -0.346 e. The first-order valence-corrected chi connectivity index (χ1v) is 8.58. The van der Waals surface area contributed by atoms with Crippen LogP contribution in [-0.4, -0.2) is 20.5 Å². The molecule has 2 aromatic heterocycles. The molecule has 0 saturated carbocycles. The Morgan fingerprint density at radius 2 is 1.78 bits per heavy atom. The van der Waals surface area contributed by atoms with E-state index in [-0.39, 0.29) is 17.8 Å². The summed E-state index contributed by atoms with van der Waals surface area (Å²) in [5.74, 6) is 0.105. The maximum Gasteiger partial charge on any atom is 0.251 e. The molecule has 0 unspecified atom stereocenters. The fraction of sp³-hybridized carbons (Fsp3) is 0.0952. The largest absolute Gasteiger partial charge is 0.346 e. The van der Waals surface area contributed by atoms with Crippen molar-refractivity contribution in [3.8, 4) is 11.4 Å². The van der Waals surface area contributed by atoms with E-state index in [4.69, 9.17) is 0 Å². The number of nitrogens with zero attached hydrogens (tertiary/aromatic N) is 3. The lowest BCUT2D eigenvalue weighted by Crippen LogP contribution is -2.26. The van der Waals surface area contributed by atoms with E-state index in [0.717, 1.165) is 11.1 Å². The molecule has 4 rings (SSSR count). The molecule has 0 saturated heterocycles. The average Bonchev–Trinajstić information content (AvgIpc) is 3.12. The second kappa shape index (κ2) is 6.99. The molecule has 1 amide bonds. The molecule has 0 spiro atoms. The predicted molar refractivity (Wildman–Crippen MR) is 101 cm³/mol. The van der Waals surface area contributed by atoms with Gasteiger partial charge in [0.15, 0.2) is 11.5 Å². The van der Waals surface area contributed by atoms with Crippen molar-refractivity contribution in [2.24, 2.45) is 0 Å². The third-order valence-electron chi connectivity index (χ3n) is 4.42. The van der Waals surface area contributed by atoms with Crippen LogP contribution in [0.5, 0.6) is 0 Å². The molecule has 6 heteroatoms. The second-order valence-corrected chi connectivity index (χ2v) is 6.28. The third kappa shape index (κ3) is 3.42. The highest BCUT2D eigenvalue weighted by atomic mass is 19.1. The molecule has 0 aliphatic heterocycles. The molecule has 27 heavy (non-hydrogen) atoms. The summed E-state index contributed by atoms with van der Waals surface area (Å²) in [4.78, 5) is 12.6. The summed E-state index contributed by atoms with van der Waals surface area (Å²) in [5.41, 5.74) is 2.84.